The molecule has 0 aliphatic heterocycles. The van der Waals surface area contributed by atoms with Crippen LogP contribution >= 0.6 is 0 Å². The topological polar surface area (TPSA) is 147 Å². The molecule has 11 heteroatoms. The largest absolute Gasteiger partial charge is 0.513 e. The minimum absolute atomic E-state index is 0.000108. The van der Waals surface area contributed by atoms with Crippen LogP contribution in [0.25, 0.3) is 0 Å². The fourth-order valence-corrected chi connectivity index (χ4v) is 3.54. The van der Waals surface area contributed by atoms with Crippen molar-refractivity contribution < 1.29 is 48.0 Å². The van der Waals surface area contributed by atoms with Gasteiger partial charge >= 0.3 is 24.2 Å². The van der Waals surface area contributed by atoms with Crippen LogP contribution in [0.1, 0.15) is 79.7 Å². The zero-order chi connectivity index (χ0) is 30.9. The number of carboxylic acid groups (broad SMARTS) is 1. The highest BCUT2D eigenvalue weighted by Gasteiger charge is 2.23. The molecule has 3 atom stereocenters. The van der Waals surface area contributed by atoms with Gasteiger partial charge in [-0.15, -0.1) is 0 Å². The number of hydrogen-bond acceptors (Lipinski definition) is 10. The number of nitrogens with one attached hydrogen (secondary N) is 1. The van der Waals surface area contributed by atoms with Crippen molar-refractivity contribution in [2.75, 3.05) is 19.8 Å². The van der Waals surface area contributed by atoms with E-state index >= 15 is 0 Å². The van der Waals surface area contributed by atoms with Crippen LogP contribution in [0, 0.1) is 17.8 Å². The quantitative estimate of drug-likeness (QED) is 0.124. The fraction of sp³-hybridized carbons (Fsp3) is 0.667. The van der Waals surface area contributed by atoms with Crippen molar-refractivity contribution in [1.29, 1.82) is 0 Å². The Labute approximate surface area is 243 Å². The molecule has 2 unspecified atom stereocenters. The zero-order valence-corrected chi connectivity index (χ0v) is 25.4. The second-order valence-electron chi connectivity index (χ2n) is 11.0. The van der Waals surface area contributed by atoms with E-state index in [1.807, 2.05) is 34.6 Å². The van der Waals surface area contributed by atoms with E-state index in [-0.39, 0.29) is 49.6 Å². The van der Waals surface area contributed by atoms with Crippen molar-refractivity contribution in [1.82, 2.24) is 5.32 Å². The molecular formula is C30H47NO10. The van der Waals surface area contributed by atoms with Crippen molar-refractivity contribution in [2.45, 2.75) is 92.7 Å². The third-order valence-corrected chi connectivity index (χ3v) is 6.06. The first-order valence-electron chi connectivity index (χ1n) is 14.3. The lowest BCUT2D eigenvalue weighted by Gasteiger charge is -2.20. The minimum atomic E-state index is -1.12. The molecule has 1 aromatic rings. The maximum absolute atomic E-state index is 12.3. The Morgan fingerprint density at radius 3 is 1.90 bits per heavy atom. The summed E-state index contributed by atoms with van der Waals surface area (Å²) in [5.74, 6) is -1.23. The number of aliphatic carboxylic acids is 1. The number of carbonyl (C=O) groups excluding carboxylic acids is 3. The van der Waals surface area contributed by atoms with Crippen LogP contribution in [-0.2, 0) is 30.2 Å². The number of benzene rings is 1. The Balaban J connectivity index is 2.97. The molecule has 11 nitrogen and oxygen atoms in total. The molecule has 0 saturated heterocycles. The SMILES string of the molecule is CCCC(C)C(=O)OC(C)CN[C@@H](Cc1ccc(OC(=O)OCCC(C)C)c(OC(=O)OCCC(C)C)c1)C(=O)O. The normalized spacial score (nSPS) is 13.3. The fourth-order valence-electron chi connectivity index (χ4n) is 3.54. The second-order valence-corrected chi connectivity index (χ2v) is 11.0. The molecule has 0 aromatic heterocycles. The summed E-state index contributed by atoms with van der Waals surface area (Å²) in [6, 6.07) is 3.33. The molecule has 2 N–H and O–H groups in total. The third-order valence-electron chi connectivity index (χ3n) is 6.06. The molecule has 0 aliphatic rings. The Morgan fingerprint density at radius 1 is 0.829 bits per heavy atom. The predicted octanol–water partition coefficient (Wildman–Crippen LogP) is 5.76. The molecule has 0 heterocycles. The van der Waals surface area contributed by atoms with Gasteiger partial charge in [-0.05, 0) is 62.1 Å². The lowest BCUT2D eigenvalue weighted by atomic mass is 10.0. The third kappa shape index (κ3) is 15.3. The van der Waals surface area contributed by atoms with E-state index in [1.165, 1.54) is 12.1 Å². The first-order chi connectivity index (χ1) is 19.3. The maximum Gasteiger partial charge on any atom is 0.513 e. The van der Waals surface area contributed by atoms with Gasteiger partial charge in [0.2, 0.25) is 0 Å². The molecule has 1 aromatic carbocycles. The van der Waals surface area contributed by atoms with Gasteiger partial charge in [-0.2, -0.15) is 0 Å². The van der Waals surface area contributed by atoms with E-state index in [2.05, 4.69) is 5.32 Å². The smallest absolute Gasteiger partial charge is 0.480 e. The highest BCUT2D eigenvalue weighted by atomic mass is 16.7. The van der Waals surface area contributed by atoms with Crippen LogP contribution in [-0.4, -0.2) is 61.3 Å². The van der Waals surface area contributed by atoms with E-state index in [0.717, 1.165) is 6.42 Å². The van der Waals surface area contributed by atoms with Crippen LogP contribution < -0.4 is 14.8 Å². The summed E-state index contributed by atoms with van der Waals surface area (Å²) >= 11 is 0. The summed E-state index contributed by atoms with van der Waals surface area (Å²) in [5, 5.41) is 12.7. The Bertz CT molecular complexity index is 978. The molecular weight excluding hydrogens is 534 g/mol. The second kappa shape index (κ2) is 18.9. The molecule has 0 radical (unpaired) electrons. The van der Waals surface area contributed by atoms with E-state index < -0.39 is 30.4 Å². The van der Waals surface area contributed by atoms with Gasteiger partial charge in [0.05, 0.1) is 19.1 Å². The van der Waals surface area contributed by atoms with Gasteiger partial charge in [0.25, 0.3) is 0 Å². The summed E-state index contributed by atoms with van der Waals surface area (Å²) in [6.45, 7) is 13.9. The Kier molecular flexibility index (Phi) is 16.5. The van der Waals surface area contributed by atoms with Gasteiger partial charge in [0.1, 0.15) is 12.1 Å². The molecule has 0 amide bonds. The highest BCUT2D eigenvalue weighted by molar-refractivity contribution is 5.74. The van der Waals surface area contributed by atoms with E-state index in [9.17, 15) is 24.3 Å². The van der Waals surface area contributed by atoms with Gasteiger partial charge in [-0.3, -0.25) is 9.59 Å². The number of rotatable bonds is 18. The molecule has 0 fully saturated rings. The van der Waals surface area contributed by atoms with E-state index in [0.29, 0.717) is 36.7 Å². The zero-order valence-electron chi connectivity index (χ0n) is 25.4. The van der Waals surface area contributed by atoms with Gasteiger partial charge in [-0.1, -0.05) is 54.0 Å². The average Bonchev–Trinajstić information content (AvgIpc) is 2.87. The van der Waals surface area contributed by atoms with E-state index in [1.54, 1.807) is 19.9 Å². The first-order valence-corrected chi connectivity index (χ1v) is 14.3. The number of carboxylic acids is 1. The molecule has 41 heavy (non-hydrogen) atoms. The van der Waals surface area contributed by atoms with Crippen LogP contribution in [0.4, 0.5) is 9.59 Å². The molecule has 0 saturated carbocycles. The van der Waals surface area contributed by atoms with Gasteiger partial charge in [0, 0.05) is 6.54 Å². The van der Waals surface area contributed by atoms with E-state index in [4.69, 9.17) is 23.7 Å². The van der Waals surface area contributed by atoms with Crippen LogP contribution in [0.5, 0.6) is 11.5 Å². The van der Waals surface area contributed by atoms with Crippen molar-refractivity contribution >= 4 is 24.2 Å². The molecule has 232 valence electrons. The predicted molar refractivity (Wildman–Crippen MR) is 152 cm³/mol. The van der Waals surface area contributed by atoms with Gasteiger partial charge in [-0.25, -0.2) is 9.59 Å². The van der Waals surface area contributed by atoms with Crippen molar-refractivity contribution in [2.24, 2.45) is 17.8 Å². The van der Waals surface area contributed by atoms with Crippen LogP contribution in [0.2, 0.25) is 0 Å². The van der Waals surface area contributed by atoms with Gasteiger partial charge in [0.15, 0.2) is 11.5 Å². The molecule has 0 spiro atoms. The lowest BCUT2D eigenvalue weighted by molar-refractivity contribution is -0.152. The van der Waals surface area contributed by atoms with Gasteiger partial charge < -0.3 is 34.1 Å². The number of hydrogen-bond donors (Lipinski definition) is 2. The summed E-state index contributed by atoms with van der Waals surface area (Å²) in [4.78, 5) is 48.6. The molecule has 1 rings (SSSR count). The Hall–Kier alpha value is -3.34. The van der Waals surface area contributed by atoms with Crippen LogP contribution in [0.3, 0.4) is 0 Å². The maximum atomic E-state index is 12.3. The highest BCUT2D eigenvalue weighted by Crippen LogP contribution is 2.30. The van der Waals surface area contributed by atoms with Crippen molar-refractivity contribution in [3.63, 3.8) is 0 Å². The summed E-state index contributed by atoms with van der Waals surface area (Å²) in [7, 11) is 0. The summed E-state index contributed by atoms with van der Waals surface area (Å²) in [6.07, 6.45) is 0.369. The summed E-state index contributed by atoms with van der Waals surface area (Å²) in [5.41, 5.74) is 0.483. The monoisotopic (exact) mass is 581 g/mol. The summed E-state index contributed by atoms with van der Waals surface area (Å²) < 4.78 is 26.2. The standard InChI is InChI=1S/C30H47NO10/c1-8-9-21(6)28(34)39-22(7)18-31-24(27(32)33)16-23-10-11-25(40-29(35)37-14-12-19(2)3)26(17-23)41-30(36)38-15-13-20(4)5/h10-11,17,19-22,24,31H,8-9,12-16,18H2,1-7H3,(H,32,33)/t21?,22?,24-/m0/s1. The number of esters is 1. The minimum Gasteiger partial charge on any atom is -0.480 e. The lowest BCUT2D eigenvalue weighted by Crippen LogP contribution is -2.43. The number of carbonyl (C=O) groups is 4. The molecule has 0 aliphatic carbocycles. The number of ether oxygens (including phenoxy) is 5. The van der Waals surface area contributed by atoms with Crippen molar-refractivity contribution in [3.8, 4) is 11.5 Å². The Morgan fingerprint density at radius 2 is 1.39 bits per heavy atom. The van der Waals surface area contributed by atoms with Crippen molar-refractivity contribution in [3.05, 3.63) is 23.8 Å². The average molecular weight is 582 g/mol. The van der Waals surface area contributed by atoms with Crippen LogP contribution in [0.15, 0.2) is 18.2 Å². The first kappa shape index (κ1) is 35.7. The molecule has 0 bridgehead atoms.